The summed E-state index contributed by atoms with van der Waals surface area (Å²) in [7, 11) is 0. The van der Waals surface area contributed by atoms with E-state index in [-0.39, 0.29) is 11.9 Å². The number of primary amides is 1. The van der Waals surface area contributed by atoms with Gasteiger partial charge in [0.2, 0.25) is 5.91 Å². The normalized spacial score (nSPS) is 20.5. The van der Waals surface area contributed by atoms with Gasteiger partial charge in [-0.05, 0) is 45.8 Å². The SMILES string of the molecule is CCCN(C1CCNCC1)C(C)C(N)=O. The summed E-state index contributed by atoms with van der Waals surface area (Å²) < 4.78 is 0. The summed E-state index contributed by atoms with van der Waals surface area (Å²) in [5.41, 5.74) is 5.38. The number of nitrogens with zero attached hydrogens (tertiary/aromatic N) is 1. The maximum Gasteiger partial charge on any atom is 0.234 e. The molecule has 0 bridgehead atoms. The quantitative estimate of drug-likeness (QED) is 0.691. The van der Waals surface area contributed by atoms with Crippen molar-refractivity contribution in [1.82, 2.24) is 10.2 Å². The van der Waals surface area contributed by atoms with Gasteiger partial charge >= 0.3 is 0 Å². The van der Waals surface area contributed by atoms with Gasteiger partial charge in [0, 0.05) is 6.04 Å². The highest BCUT2D eigenvalue weighted by Gasteiger charge is 2.26. The van der Waals surface area contributed by atoms with Crippen molar-refractivity contribution < 1.29 is 4.79 Å². The molecule has 1 saturated heterocycles. The van der Waals surface area contributed by atoms with Gasteiger partial charge < -0.3 is 11.1 Å². The summed E-state index contributed by atoms with van der Waals surface area (Å²) in [5, 5.41) is 3.34. The molecule has 0 aromatic carbocycles. The fourth-order valence-corrected chi connectivity index (χ4v) is 2.25. The molecule has 1 fully saturated rings. The van der Waals surface area contributed by atoms with Crippen LogP contribution in [-0.2, 0) is 4.79 Å². The molecule has 4 nitrogen and oxygen atoms in total. The van der Waals surface area contributed by atoms with Crippen LogP contribution in [0.3, 0.4) is 0 Å². The Labute approximate surface area is 92.2 Å². The van der Waals surface area contributed by atoms with Gasteiger partial charge in [-0.2, -0.15) is 0 Å². The lowest BCUT2D eigenvalue weighted by Gasteiger charge is -2.37. The van der Waals surface area contributed by atoms with Crippen LogP contribution in [0.1, 0.15) is 33.1 Å². The minimum absolute atomic E-state index is 0.131. The molecule has 1 heterocycles. The zero-order chi connectivity index (χ0) is 11.3. The predicted molar refractivity (Wildman–Crippen MR) is 61.5 cm³/mol. The first kappa shape index (κ1) is 12.5. The highest BCUT2D eigenvalue weighted by atomic mass is 16.1. The van der Waals surface area contributed by atoms with E-state index >= 15 is 0 Å². The molecule has 1 amide bonds. The largest absolute Gasteiger partial charge is 0.368 e. The number of amides is 1. The number of nitrogens with one attached hydrogen (secondary N) is 1. The van der Waals surface area contributed by atoms with Crippen molar-refractivity contribution >= 4 is 5.91 Å². The first-order chi connectivity index (χ1) is 7.16. The summed E-state index contributed by atoms with van der Waals surface area (Å²) >= 11 is 0. The van der Waals surface area contributed by atoms with Crippen molar-refractivity contribution in [3.8, 4) is 0 Å². The fourth-order valence-electron chi connectivity index (χ4n) is 2.25. The third-order valence-corrected chi connectivity index (χ3v) is 3.17. The van der Waals surface area contributed by atoms with Gasteiger partial charge in [0.15, 0.2) is 0 Å². The number of carbonyl (C=O) groups is 1. The van der Waals surface area contributed by atoms with Gasteiger partial charge in [-0.1, -0.05) is 6.92 Å². The summed E-state index contributed by atoms with van der Waals surface area (Å²) in [6.45, 7) is 7.13. The van der Waals surface area contributed by atoms with E-state index in [1.54, 1.807) is 0 Å². The maximum atomic E-state index is 11.2. The van der Waals surface area contributed by atoms with Crippen LogP contribution in [-0.4, -0.2) is 42.5 Å². The van der Waals surface area contributed by atoms with Crippen LogP contribution >= 0.6 is 0 Å². The first-order valence-corrected chi connectivity index (χ1v) is 5.92. The van der Waals surface area contributed by atoms with E-state index < -0.39 is 0 Å². The fraction of sp³-hybridized carbons (Fsp3) is 0.909. The lowest BCUT2D eigenvalue weighted by molar-refractivity contribution is -0.123. The lowest BCUT2D eigenvalue weighted by Crippen LogP contribution is -2.51. The summed E-state index contributed by atoms with van der Waals surface area (Å²) in [6.07, 6.45) is 3.32. The number of nitrogens with two attached hydrogens (primary N) is 1. The Balaban J connectivity index is 2.58. The third kappa shape index (κ3) is 3.47. The van der Waals surface area contributed by atoms with Crippen molar-refractivity contribution in [2.24, 2.45) is 5.73 Å². The van der Waals surface area contributed by atoms with Crippen LogP contribution in [0.15, 0.2) is 0 Å². The van der Waals surface area contributed by atoms with Crippen LogP contribution in [0.2, 0.25) is 0 Å². The Kier molecular flexibility index (Phi) is 5.05. The second-order valence-corrected chi connectivity index (χ2v) is 4.30. The molecule has 0 spiro atoms. The maximum absolute atomic E-state index is 11.2. The molecular weight excluding hydrogens is 190 g/mol. The van der Waals surface area contributed by atoms with Crippen molar-refractivity contribution in [2.75, 3.05) is 19.6 Å². The molecule has 4 heteroatoms. The second kappa shape index (κ2) is 6.08. The third-order valence-electron chi connectivity index (χ3n) is 3.17. The number of hydrogen-bond donors (Lipinski definition) is 2. The van der Waals surface area contributed by atoms with Crippen molar-refractivity contribution in [1.29, 1.82) is 0 Å². The van der Waals surface area contributed by atoms with Gasteiger partial charge in [-0.25, -0.2) is 0 Å². The number of rotatable bonds is 5. The molecule has 1 unspecified atom stereocenters. The lowest BCUT2D eigenvalue weighted by atomic mass is 10.0. The Morgan fingerprint density at radius 3 is 2.60 bits per heavy atom. The van der Waals surface area contributed by atoms with Crippen molar-refractivity contribution in [3.63, 3.8) is 0 Å². The molecule has 0 aromatic rings. The predicted octanol–water partition coefficient (Wildman–Crippen LogP) is 0.324. The van der Waals surface area contributed by atoms with E-state index in [0.717, 1.165) is 38.9 Å². The number of piperidine rings is 1. The molecule has 1 atom stereocenters. The molecule has 1 rings (SSSR count). The van der Waals surface area contributed by atoms with Gasteiger partial charge in [-0.15, -0.1) is 0 Å². The zero-order valence-corrected chi connectivity index (χ0v) is 9.83. The Bertz CT molecular complexity index is 202. The number of hydrogen-bond acceptors (Lipinski definition) is 3. The molecule has 0 saturated carbocycles. The van der Waals surface area contributed by atoms with Gasteiger partial charge in [-0.3, -0.25) is 9.69 Å². The average molecular weight is 213 g/mol. The molecule has 0 radical (unpaired) electrons. The summed E-state index contributed by atoms with van der Waals surface area (Å²) in [4.78, 5) is 13.5. The van der Waals surface area contributed by atoms with E-state index in [1.807, 2.05) is 6.92 Å². The second-order valence-electron chi connectivity index (χ2n) is 4.30. The Morgan fingerprint density at radius 1 is 1.53 bits per heavy atom. The van der Waals surface area contributed by atoms with Crippen LogP contribution in [0.25, 0.3) is 0 Å². The molecule has 15 heavy (non-hydrogen) atoms. The molecule has 1 aliphatic heterocycles. The Hall–Kier alpha value is -0.610. The van der Waals surface area contributed by atoms with E-state index in [0.29, 0.717) is 6.04 Å². The minimum Gasteiger partial charge on any atom is -0.368 e. The minimum atomic E-state index is -0.206. The molecule has 1 aliphatic rings. The Morgan fingerprint density at radius 2 is 2.13 bits per heavy atom. The van der Waals surface area contributed by atoms with E-state index in [9.17, 15) is 4.79 Å². The topological polar surface area (TPSA) is 58.4 Å². The molecule has 88 valence electrons. The van der Waals surface area contributed by atoms with Crippen molar-refractivity contribution in [3.05, 3.63) is 0 Å². The molecule has 0 aromatic heterocycles. The van der Waals surface area contributed by atoms with Gasteiger partial charge in [0.1, 0.15) is 0 Å². The average Bonchev–Trinajstić information content (AvgIpc) is 2.26. The molecular formula is C11H23N3O. The summed E-state index contributed by atoms with van der Waals surface area (Å²) in [5.74, 6) is -0.206. The van der Waals surface area contributed by atoms with Crippen molar-refractivity contribution in [2.45, 2.75) is 45.2 Å². The van der Waals surface area contributed by atoms with Gasteiger partial charge in [0.05, 0.1) is 6.04 Å². The van der Waals surface area contributed by atoms with Gasteiger partial charge in [0.25, 0.3) is 0 Å². The first-order valence-electron chi connectivity index (χ1n) is 5.92. The summed E-state index contributed by atoms with van der Waals surface area (Å²) in [6, 6.07) is 0.391. The van der Waals surface area contributed by atoms with E-state index in [4.69, 9.17) is 5.73 Å². The zero-order valence-electron chi connectivity index (χ0n) is 9.83. The molecule has 0 aliphatic carbocycles. The smallest absolute Gasteiger partial charge is 0.234 e. The highest BCUT2D eigenvalue weighted by Crippen LogP contribution is 2.15. The number of carbonyl (C=O) groups excluding carboxylic acids is 1. The van der Waals surface area contributed by atoms with E-state index in [1.165, 1.54) is 0 Å². The van der Waals surface area contributed by atoms with Crippen LogP contribution in [0, 0.1) is 0 Å². The standard InChI is InChI=1S/C11H23N3O/c1-3-8-14(9(2)11(12)15)10-4-6-13-7-5-10/h9-10,13H,3-8H2,1-2H3,(H2,12,15). The monoisotopic (exact) mass is 213 g/mol. The van der Waals surface area contributed by atoms with Crippen LogP contribution in [0.5, 0.6) is 0 Å². The van der Waals surface area contributed by atoms with Crippen LogP contribution < -0.4 is 11.1 Å². The molecule has 3 N–H and O–H groups in total. The van der Waals surface area contributed by atoms with Crippen LogP contribution in [0.4, 0.5) is 0 Å². The van der Waals surface area contributed by atoms with E-state index in [2.05, 4.69) is 17.1 Å². The highest BCUT2D eigenvalue weighted by molar-refractivity contribution is 5.79.